The molecule has 18 heavy (non-hydrogen) atoms. The first-order valence-electron chi connectivity index (χ1n) is 7.20. The minimum Gasteiger partial charge on any atom is -0.371 e. The van der Waals surface area contributed by atoms with Crippen LogP contribution in [-0.2, 0) is 6.42 Å². The average Bonchev–Trinajstić information content (AvgIpc) is 2.59. The van der Waals surface area contributed by atoms with Gasteiger partial charge in [-0.05, 0) is 49.7 Å². The van der Waals surface area contributed by atoms with Crippen LogP contribution in [0.2, 0.25) is 0 Å². The number of hydrogen-bond donors (Lipinski definition) is 0. The van der Waals surface area contributed by atoms with E-state index in [4.69, 9.17) is 11.6 Å². The third kappa shape index (κ3) is 3.65. The van der Waals surface area contributed by atoms with Crippen LogP contribution in [0.5, 0.6) is 0 Å². The van der Waals surface area contributed by atoms with E-state index in [9.17, 15) is 0 Å². The van der Waals surface area contributed by atoms with Crippen LogP contribution < -0.4 is 4.90 Å². The van der Waals surface area contributed by atoms with Gasteiger partial charge in [0.05, 0.1) is 0 Å². The third-order valence-corrected chi connectivity index (χ3v) is 4.17. The van der Waals surface area contributed by atoms with Gasteiger partial charge in [0.15, 0.2) is 0 Å². The van der Waals surface area contributed by atoms with Crippen molar-refractivity contribution in [3.05, 3.63) is 29.8 Å². The Balaban J connectivity index is 1.99. The summed E-state index contributed by atoms with van der Waals surface area (Å²) in [5, 5.41) is 0. The molecule has 1 aliphatic heterocycles. The summed E-state index contributed by atoms with van der Waals surface area (Å²) in [7, 11) is 0. The Kier molecular flexibility index (Phi) is 5.37. The normalized spacial score (nSPS) is 17.1. The zero-order valence-corrected chi connectivity index (χ0v) is 12.1. The summed E-state index contributed by atoms with van der Waals surface area (Å²) >= 11 is 5.81. The van der Waals surface area contributed by atoms with Gasteiger partial charge in [-0.3, -0.25) is 0 Å². The third-order valence-electron chi connectivity index (χ3n) is 3.95. The summed E-state index contributed by atoms with van der Waals surface area (Å²) in [6.07, 6.45) is 6.27. The van der Waals surface area contributed by atoms with E-state index in [1.807, 2.05) is 0 Å². The van der Waals surface area contributed by atoms with Gasteiger partial charge >= 0.3 is 0 Å². The second-order valence-electron chi connectivity index (χ2n) is 5.44. The molecule has 0 aliphatic carbocycles. The molecule has 1 heterocycles. The number of nitrogens with zero attached hydrogens (tertiary/aromatic N) is 1. The highest BCUT2D eigenvalue weighted by Gasteiger charge is 2.15. The van der Waals surface area contributed by atoms with Gasteiger partial charge in [-0.2, -0.15) is 0 Å². The van der Waals surface area contributed by atoms with E-state index in [1.165, 1.54) is 50.0 Å². The summed E-state index contributed by atoms with van der Waals surface area (Å²) in [4.78, 5) is 2.58. The number of hydrogen-bond acceptors (Lipinski definition) is 1. The number of benzene rings is 1. The van der Waals surface area contributed by atoms with Crippen LogP contribution in [-0.4, -0.2) is 19.0 Å². The molecular formula is C16H24ClN. The number of aryl methyl sites for hydroxylation is 1. The molecule has 0 saturated carbocycles. The molecule has 1 aromatic carbocycles. The summed E-state index contributed by atoms with van der Waals surface area (Å²) in [6, 6.07) is 8.90. The lowest BCUT2D eigenvalue weighted by atomic mass is 10.0. The fourth-order valence-corrected chi connectivity index (χ4v) is 3.08. The Morgan fingerprint density at radius 1 is 1.22 bits per heavy atom. The Bertz CT molecular complexity index is 364. The first-order chi connectivity index (χ1) is 8.81. The van der Waals surface area contributed by atoms with E-state index in [2.05, 4.69) is 36.1 Å². The summed E-state index contributed by atoms with van der Waals surface area (Å²) in [5.41, 5.74) is 2.99. The van der Waals surface area contributed by atoms with Crippen LogP contribution in [0.4, 0.5) is 5.69 Å². The molecule has 0 saturated heterocycles. The van der Waals surface area contributed by atoms with Crippen molar-refractivity contribution in [2.24, 2.45) is 5.92 Å². The monoisotopic (exact) mass is 265 g/mol. The second kappa shape index (κ2) is 7.04. The smallest absolute Gasteiger partial charge is 0.0398 e. The topological polar surface area (TPSA) is 3.24 Å². The first-order valence-corrected chi connectivity index (χ1v) is 7.73. The lowest BCUT2D eigenvalue weighted by molar-refractivity contribution is 0.511. The molecule has 1 nitrogen and oxygen atoms in total. The maximum absolute atomic E-state index is 5.81. The van der Waals surface area contributed by atoms with E-state index in [0.717, 1.165) is 18.2 Å². The molecule has 100 valence electrons. The highest BCUT2D eigenvalue weighted by Crippen LogP contribution is 2.26. The quantitative estimate of drug-likeness (QED) is 0.710. The zero-order chi connectivity index (χ0) is 12.8. The van der Waals surface area contributed by atoms with Crippen molar-refractivity contribution < 1.29 is 0 Å². The van der Waals surface area contributed by atoms with Crippen molar-refractivity contribution in [1.29, 1.82) is 0 Å². The molecule has 0 radical (unpaired) electrons. The number of para-hydroxylation sites is 1. The highest BCUT2D eigenvalue weighted by molar-refractivity contribution is 6.17. The maximum atomic E-state index is 5.81. The predicted molar refractivity (Wildman–Crippen MR) is 80.7 cm³/mol. The molecule has 2 rings (SSSR count). The largest absolute Gasteiger partial charge is 0.371 e. The fraction of sp³-hybridized carbons (Fsp3) is 0.625. The van der Waals surface area contributed by atoms with Crippen LogP contribution in [0.15, 0.2) is 24.3 Å². The van der Waals surface area contributed by atoms with E-state index < -0.39 is 0 Å². The molecule has 1 aliphatic rings. The molecule has 0 aromatic heterocycles. The Hall–Kier alpha value is -0.690. The fourth-order valence-electron chi connectivity index (χ4n) is 2.71. The number of halogens is 1. The van der Waals surface area contributed by atoms with Crippen LogP contribution in [0.3, 0.4) is 0 Å². The molecule has 0 N–H and O–H groups in total. The molecule has 1 unspecified atom stereocenters. The van der Waals surface area contributed by atoms with Gasteiger partial charge in [0.25, 0.3) is 0 Å². The van der Waals surface area contributed by atoms with Crippen molar-refractivity contribution in [1.82, 2.24) is 0 Å². The van der Waals surface area contributed by atoms with Crippen molar-refractivity contribution in [2.45, 2.75) is 39.0 Å². The van der Waals surface area contributed by atoms with Gasteiger partial charge in [-0.15, -0.1) is 11.6 Å². The van der Waals surface area contributed by atoms with Gasteiger partial charge < -0.3 is 4.90 Å². The van der Waals surface area contributed by atoms with Crippen molar-refractivity contribution >= 4 is 17.3 Å². The molecule has 1 aromatic rings. The first kappa shape index (κ1) is 13.7. The van der Waals surface area contributed by atoms with Crippen LogP contribution >= 0.6 is 11.6 Å². The summed E-state index contributed by atoms with van der Waals surface area (Å²) in [5.74, 6) is 1.52. The maximum Gasteiger partial charge on any atom is 0.0398 e. The van der Waals surface area contributed by atoms with Gasteiger partial charge in [-0.1, -0.05) is 25.1 Å². The number of fused-ring (bicyclic) bond motifs is 1. The van der Waals surface area contributed by atoms with Gasteiger partial charge in [-0.25, -0.2) is 0 Å². The van der Waals surface area contributed by atoms with Gasteiger partial charge in [0, 0.05) is 24.7 Å². The molecule has 0 bridgehead atoms. The Morgan fingerprint density at radius 2 is 2.06 bits per heavy atom. The van der Waals surface area contributed by atoms with Gasteiger partial charge in [0.1, 0.15) is 0 Å². The molecule has 1 atom stereocenters. The van der Waals surface area contributed by atoms with Gasteiger partial charge in [0.2, 0.25) is 0 Å². The highest BCUT2D eigenvalue weighted by atomic mass is 35.5. The van der Waals surface area contributed by atoms with Crippen molar-refractivity contribution in [3.8, 4) is 0 Å². The SMILES string of the molecule is CC(CCCl)CCN1CCCCc2ccccc21. The molecular weight excluding hydrogens is 242 g/mol. The lowest BCUT2D eigenvalue weighted by Gasteiger charge is -2.26. The van der Waals surface area contributed by atoms with Crippen LogP contribution in [0, 0.1) is 5.92 Å². The Morgan fingerprint density at radius 3 is 2.89 bits per heavy atom. The number of alkyl halides is 1. The zero-order valence-electron chi connectivity index (χ0n) is 11.4. The van der Waals surface area contributed by atoms with Crippen LogP contribution in [0.25, 0.3) is 0 Å². The lowest BCUT2D eigenvalue weighted by Crippen LogP contribution is -2.26. The predicted octanol–water partition coefficient (Wildman–Crippen LogP) is 4.48. The van der Waals surface area contributed by atoms with Crippen LogP contribution in [0.1, 0.15) is 38.2 Å². The minimum atomic E-state index is 0.734. The second-order valence-corrected chi connectivity index (χ2v) is 5.82. The molecule has 2 heteroatoms. The number of rotatable bonds is 5. The summed E-state index contributed by atoms with van der Waals surface area (Å²) < 4.78 is 0. The van der Waals surface area contributed by atoms with Crippen molar-refractivity contribution in [2.75, 3.05) is 23.9 Å². The van der Waals surface area contributed by atoms with E-state index in [1.54, 1.807) is 0 Å². The Labute approximate surface area is 116 Å². The summed E-state index contributed by atoms with van der Waals surface area (Å²) in [6.45, 7) is 4.70. The minimum absolute atomic E-state index is 0.734. The van der Waals surface area contributed by atoms with E-state index in [-0.39, 0.29) is 0 Å². The van der Waals surface area contributed by atoms with E-state index >= 15 is 0 Å². The molecule has 0 amide bonds. The number of anilines is 1. The molecule has 0 fully saturated rings. The standard InChI is InChI=1S/C16H24ClN/c1-14(9-11-17)10-13-18-12-5-4-7-15-6-2-3-8-16(15)18/h2-3,6,8,14H,4-5,7,9-13H2,1H3. The average molecular weight is 266 g/mol. The molecule has 0 spiro atoms. The van der Waals surface area contributed by atoms with E-state index in [0.29, 0.717) is 0 Å². The van der Waals surface area contributed by atoms with Crippen molar-refractivity contribution in [3.63, 3.8) is 0 Å².